The summed E-state index contributed by atoms with van der Waals surface area (Å²) in [7, 11) is 1.81. The average molecular weight is 256 g/mol. The highest BCUT2D eigenvalue weighted by Gasteiger charge is 2.17. The van der Waals surface area contributed by atoms with E-state index in [1.165, 1.54) is 0 Å². The molecule has 0 atom stereocenters. The molecule has 2 rings (SSSR count). The minimum Gasteiger partial charge on any atom is -0.389 e. The van der Waals surface area contributed by atoms with Gasteiger partial charge in [-0.2, -0.15) is 10.2 Å². The molecular formula is C9H10ClN5S. The van der Waals surface area contributed by atoms with Gasteiger partial charge >= 0.3 is 0 Å². The van der Waals surface area contributed by atoms with E-state index >= 15 is 0 Å². The van der Waals surface area contributed by atoms with E-state index in [1.54, 1.807) is 28.8 Å². The number of hydrogen-bond acceptors (Lipinski definition) is 3. The van der Waals surface area contributed by atoms with Crippen molar-refractivity contribution in [3.05, 3.63) is 28.7 Å². The van der Waals surface area contributed by atoms with Crippen LogP contribution in [0.15, 0.2) is 12.4 Å². The number of nitrogens with two attached hydrogens (primary N) is 1. The van der Waals surface area contributed by atoms with Crippen LogP contribution in [-0.4, -0.2) is 24.5 Å². The summed E-state index contributed by atoms with van der Waals surface area (Å²) in [6.07, 6.45) is 3.23. The summed E-state index contributed by atoms with van der Waals surface area (Å²) in [6.45, 7) is 1.85. The van der Waals surface area contributed by atoms with E-state index in [0.29, 0.717) is 10.0 Å². The van der Waals surface area contributed by atoms with Crippen molar-refractivity contribution in [2.45, 2.75) is 6.92 Å². The van der Waals surface area contributed by atoms with Gasteiger partial charge < -0.3 is 5.73 Å². The van der Waals surface area contributed by atoms with E-state index in [9.17, 15) is 0 Å². The third-order valence-corrected chi connectivity index (χ3v) is 2.61. The van der Waals surface area contributed by atoms with Gasteiger partial charge in [-0.3, -0.25) is 4.68 Å². The van der Waals surface area contributed by atoms with Crippen molar-refractivity contribution in [1.82, 2.24) is 19.6 Å². The van der Waals surface area contributed by atoms with Gasteiger partial charge in [-0.05, 0) is 6.92 Å². The maximum absolute atomic E-state index is 5.82. The second-order valence-corrected chi connectivity index (χ2v) is 4.25. The molecule has 0 aliphatic carbocycles. The highest BCUT2D eigenvalue weighted by atomic mass is 35.5. The maximum atomic E-state index is 5.82. The first-order valence-corrected chi connectivity index (χ1v) is 5.33. The molecule has 5 nitrogen and oxygen atoms in total. The van der Waals surface area contributed by atoms with Crippen molar-refractivity contribution in [3.63, 3.8) is 0 Å². The van der Waals surface area contributed by atoms with Crippen molar-refractivity contribution in [1.29, 1.82) is 0 Å². The van der Waals surface area contributed by atoms with Gasteiger partial charge in [0.15, 0.2) is 5.82 Å². The molecule has 0 aliphatic heterocycles. The Morgan fingerprint density at radius 1 is 1.56 bits per heavy atom. The van der Waals surface area contributed by atoms with Gasteiger partial charge in [0.25, 0.3) is 0 Å². The number of thiocarbonyl (C=S) groups is 1. The normalized spacial score (nSPS) is 10.7. The quantitative estimate of drug-likeness (QED) is 0.820. The van der Waals surface area contributed by atoms with Crippen molar-refractivity contribution < 1.29 is 0 Å². The third-order valence-electron chi connectivity index (χ3n) is 2.21. The lowest BCUT2D eigenvalue weighted by Gasteiger charge is -2.04. The van der Waals surface area contributed by atoms with Crippen LogP contribution < -0.4 is 5.73 Å². The largest absolute Gasteiger partial charge is 0.389 e. The first-order valence-electron chi connectivity index (χ1n) is 4.54. The monoisotopic (exact) mass is 255 g/mol. The molecule has 2 aromatic heterocycles. The summed E-state index contributed by atoms with van der Waals surface area (Å²) in [5.41, 5.74) is 7.17. The zero-order valence-electron chi connectivity index (χ0n) is 8.81. The molecule has 16 heavy (non-hydrogen) atoms. The smallest absolute Gasteiger partial charge is 0.162 e. The van der Waals surface area contributed by atoms with E-state index in [4.69, 9.17) is 29.6 Å². The Balaban J connectivity index is 2.68. The van der Waals surface area contributed by atoms with Crippen LogP contribution in [0.1, 0.15) is 11.3 Å². The average Bonchev–Trinajstić information content (AvgIpc) is 2.69. The molecule has 0 aliphatic rings. The fourth-order valence-electron chi connectivity index (χ4n) is 1.61. The molecule has 2 N–H and O–H groups in total. The highest BCUT2D eigenvalue weighted by molar-refractivity contribution is 7.80. The van der Waals surface area contributed by atoms with E-state index in [1.807, 2.05) is 6.92 Å². The van der Waals surface area contributed by atoms with E-state index < -0.39 is 0 Å². The molecule has 0 fully saturated rings. The van der Waals surface area contributed by atoms with Gasteiger partial charge in [0.1, 0.15) is 4.99 Å². The van der Waals surface area contributed by atoms with Crippen LogP contribution in [0, 0.1) is 6.92 Å². The van der Waals surface area contributed by atoms with Crippen LogP contribution in [0.5, 0.6) is 0 Å². The van der Waals surface area contributed by atoms with E-state index in [2.05, 4.69) is 10.2 Å². The van der Waals surface area contributed by atoms with Crippen LogP contribution in [0.25, 0.3) is 5.82 Å². The number of rotatable bonds is 2. The Kier molecular flexibility index (Phi) is 2.69. The number of aromatic nitrogens is 4. The van der Waals surface area contributed by atoms with E-state index in [-0.39, 0.29) is 0 Å². The Bertz CT molecular complexity index is 556. The maximum Gasteiger partial charge on any atom is 0.162 e. The first-order chi connectivity index (χ1) is 7.50. The van der Waals surface area contributed by atoms with Gasteiger partial charge in [-0.25, -0.2) is 4.68 Å². The molecule has 0 unspecified atom stereocenters. The summed E-state index contributed by atoms with van der Waals surface area (Å²) >= 11 is 10.8. The van der Waals surface area contributed by atoms with Gasteiger partial charge in [-0.15, -0.1) is 0 Å². The van der Waals surface area contributed by atoms with Crippen molar-refractivity contribution in [2.24, 2.45) is 12.8 Å². The highest BCUT2D eigenvalue weighted by Crippen LogP contribution is 2.18. The van der Waals surface area contributed by atoms with Crippen LogP contribution in [0.4, 0.5) is 0 Å². The molecule has 2 heterocycles. The Hall–Kier alpha value is -1.40. The molecule has 0 bridgehead atoms. The first kappa shape index (κ1) is 11.1. The van der Waals surface area contributed by atoms with Gasteiger partial charge in [-0.1, -0.05) is 23.8 Å². The predicted molar refractivity (Wildman–Crippen MR) is 66.0 cm³/mol. The number of hydrogen-bond donors (Lipinski definition) is 1. The summed E-state index contributed by atoms with van der Waals surface area (Å²) < 4.78 is 3.28. The number of aryl methyl sites for hydroxylation is 2. The molecule has 0 aromatic carbocycles. The molecule has 7 heteroatoms. The number of nitrogens with zero attached hydrogens (tertiary/aromatic N) is 4. The summed E-state index contributed by atoms with van der Waals surface area (Å²) in [5, 5.41) is 8.92. The second kappa shape index (κ2) is 3.88. The lowest BCUT2D eigenvalue weighted by atomic mass is 10.2. The van der Waals surface area contributed by atoms with E-state index in [0.717, 1.165) is 17.1 Å². The molecule has 0 spiro atoms. The minimum absolute atomic E-state index is 0.298. The van der Waals surface area contributed by atoms with Crippen LogP contribution >= 0.6 is 23.8 Å². The van der Waals surface area contributed by atoms with Crippen LogP contribution in [0.3, 0.4) is 0 Å². The van der Waals surface area contributed by atoms with Gasteiger partial charge in [0, 0.05) is 7.05 Å². The van der Waals surface area contributed by atoms with Crippen LogP contribution in [-0.2, 0) is 7.05 Å². The fourth-order valence-corrected chi connectivity index (χ4v) is 1.99. The Morgan fingerprint density at radius 2 is 2.25 bits per heavy atom. The number of halogens is 1. The summed E-state index contributed by atoms with van der Waals surface area (Å²) in [4.78, 5) is 0.298. The molecule has 2 aromatic rings. The van der Waals surface area contributed by atoms with Gasteiger partial charge in [0.2, 0.25) is 0 Å². The molecule has 0 amide bonds. The topological polar surface area (TPSA) is 61.7 Å². The summed E-state index contributed by atoms with van der Waals surface area (Å²) in [5.74, 6) is 0.719. The summed E-state index contributed by atoms with van der Waals surface area (Å²) in [6, 6.07) is 0. The lowest BCUT2D eigenvalue weighted by Crippen LogP contribution is -2.15. The third kappa shape index (κ3) is 1.70. The molecule has 0 radical (unpaired) electrons. The van der Waals surface area contributed by atoms with Crippen molar-refractivity contribution in [3.8, 4) is 5.82 Å². The second-order valence-electron chi connectivity index (χ2n) is 3.37. The standard InChI is InChI=1S/C9H10ClN5S/c1-5-7(8(11)16)9(14(2)13-5)15-4-6(10)3-12-15/h3-4H,1-2H3,(H2,11,16). The predicted octanol–water partition coefficient (Wildman–Crippen LogP) is 1.20. The zero-order valence-corrected chi connectivity index (χ0v) is 10.4. The van der Waals surface area contributed by atoms with Crippen LogP contribution in [0.2, 0.25) is 5.02 Å². The van der Waals surface area contributed by atoms with Crippen molar-refractivity contribution in [2.75, 3.05) is 0 Å². The molecule has 84 valence electrons. The minimum atomic E-state index is 0.298. The van der Waals surface area contributed by atoms with Gasteiger partial charge in [0.05, 0.1) is 28.7 Å². The fraction of sp³-hybridized carbons (Fsp3) is 0.222. The Labute approximate surface area is 103 Å². The lowest BCUT2D eigenvalue weighted by molar-refractivity contribution is 0.693. The molecular weight excluding hydrogens is 246 g/mol. The van der Waals surface area contributed by atoms with Crippen molar-refractivity contribution >= 4 is 28.8 Å². The zero-order chi connectivity index (χ0) is 11.9. The SMILES string of the molecule is Cc1nn(C)c(-n2cc(Cl)cn2)c1C(N)=S. The molecule has 0 saturated carbocycles. The molecule has 0 saturated heterocycles. The Morgan fingerprint density at radius 3 is 2.75 bits per heavy atom.